The summed E-state index contributed by atoms with van der Waals surface area (Å²) < 4.78 is 19.5. The van der Waals surface area contributed by atoms with E-state index in [0.717, 1.165) is 18.4 Å². The molecule has 21 heavy (non-hydrogen) atoms. The van der Waals surface area contributed by atoms with Crippen molar-refractivity contribution in [3.05, 3.63) is 29.6 Å². The average Bonchev–Trinajstić information content (AvgIpc) is 2.43. The number of nitrogens with one attached hydrogen (secondary N) is 1. The van der Waals surface area contributed by atoms with E-state index in [9.17, 15) is 4.39 Å². The molecule has 0 heterocycles. The third kappa shape index (κ3) is 6.14. The third-order valence-corrected chi connectivity index (χ3v) is 3.24. The molecular weight excluding hydrogens is 267 g/mol. The lowest BCUT2D eigenvalue weighted by Gasteiger charge is -2.17. The summed E-state index contributed by atoms with van der Waals surface area (Å²) in [5.74, 6) is -0.0157. The van der Waals surface area contributed by atoms with Gasteiger partial charge in [-0.05, 0) is 32.8 Å². The van der Waals surface area contributed by atoms with Crippen LogP contribution >= 0.6 is 0 Å². The van der Waals surface area contributed by atoms with Crippen molar-refractivity contribution in [3.63, 3.8) is 0 Å². The molecule has 0 fully saturated rings. The van der Waals surface area contributed by atoms with Crippen LogP contribution in [0.4, 0.5) is 4.39 Å². The molecule has 0 bridgehead atoms. The molecule has 0 amide bonds. The van der Waals surface area contributed by atoms with Crippen LogP contribution in [-0.2, 0) is 6.54 Å². The van der Waals surface area contributed by atoms with Crippen LogP contribution < -0.4 is 10.1 Å². The first-order valence-corrected chi connectivity index (χ1v) is 7.40. The highest BCUT2D eigenvalue weighted by atomic mass is 19.1. The Morgan fingerprint density at radius 2 is 2.10 bits per heavy atom. The van der Waals surface area contributed by atoms with Gasteiger partial charge in [0.15, 0.2) is 11.6 Å². The zero-order valence-electron chi connectivity index (χ0n) is 13.4. The predicted molar refractivity (Wildman–Crippen MR) is 82.5 cm³/mol. The van der Waals surface area contributed by atoms with E-state index in [2.05, 4.69) is 11.4 Å². The van der Waals surface area contributed by atoms with E-state index < -0.39 is 0 Å². The fraction of sp³-hybridized carbons (Fsp3) is 0.588. The largest absolute Gasteiger partial charge is 0.490 e. The summed E-state index contributed by atoms with van der Waals surface area (Å²) in [6.07, 6.45) is 1.46. The number of nitriles is 1. The summed E-state index contributed by atoms with van der Waals surface area (Å²) in [6, 6.07) is 7.56. The molecule has 1 aromatic rings. The second-order valence-electron chi connectivity index (χ2n) is 6.21. The van der Waals surface area contributed by atoms with Crippen molar-refractivity contribution in [1.82, 2.24) is 5.32 Å². The fourth-order valence-corrected chi connectivity index (χ4v) is 1.91. The number of nitrogens with zero attached hydrogens (tertiary/aromatic N) is 1. The molecule has 0 aromatic heterocycles. The minimum atomic E-state index is -0.360. The van der Waals surface area contributed by atoms with E-state index in [1.54, 1.807) is 6.07 Å². The molecule has 0 radical (unpaired) electrons. The molecular formula is C17H25FN2O. The highest BCUT2D eigenvalue weighted by Crippen LogP contribution is 2.25. The van der Waals surface area contributed by atoms with Gasteiger partial charge in [-0.15, -0.1) is 0 Å². The maximum atomic E-state index is 13.9. The number of benzene rings is 1. The van der Waals surface area contributed by atoms with E-state index in [0.29, 0.717) is 24.9 Å². The lowest BCUT2D eigenvalue weighted by molar-refractivity contribution is 0.269. The van der Waals surface area contributed by atoms with Crippen LogP contribution in [-0.4, -0.2) is 12.6 Å². The minimum absolute atomic E-state index is 0.320. The SMILES string of the molecule is CC(C)NCc1cccc(F)c1OCCCC(C)(C)C#N. The van der Waals surface area contributed by atoms with E-state index >= 15 is 0 Å². The van der Waals surface area contributed by atoms with Gasteiger partial charge in [0.1, 0.15) is 0 Å². The summed E-state index contributed by atoms with van der Waals surface area (Å²) in [5, 5.41) is 12.2. The fourth-order valence-electron chi connectivity index (χ4n) is 1.91. The number of rotatable bonds is 8. The molecule has 0 aliphatic rings. The molecule has 3 nitrogen and oxygen atoms in total. The van der Waals surface area contributed by atoms with Crippen molar-refractivity contribution in [3.8, 4) is 11.8 Å². The Kier molecular flexibility index (Phi) is 6.64. The predicted octanol–water partition coefficient (Wildman–Crippen LogP) is 4.03. The van der Waals surface area contributed by atoms with E-state index in [-0.39, 0.29) is 11.2 Å². The third-order valence-electron chi connectivity index (χ3n) is 3.24. The Morgan fingerprint density at radius 3 is 2.71 bits per heavy atom. The first kappa shape index (κ1) is 17.5. The smallest absolute Gasteiger partial charge is 0.165 e. The maximum absolute atomic E-state index is 13.9. The zero-order chi connectivity index (χ0) is 15.9. The topological polar surface area (TPSA) is 45.0 Å². The molecule has 4 heteroatoms. The normalized spacial score (nSPS) is 11.5. The maximum Gasteiger partial charge on any atom is 0.165 e. The molecule has 1 N–H and O–H groups in total. The lowest BCUT2D eigenvalue weighted by atomic mass is 9.90. The quantitative estimate of drug-likeness (QED) is 0.736. The molecule has 0 atom stereocenters. The van der Waals surface area contributed by atoms with Gasteiger partial charge in [0.05, 0.1) is 18.1 Å². The van der Waals surface area contributed by atoms with Crippen molar-refractivity contribution in [1.29, 1.82) is 5.26 Å². The highest BCUT2D eigenvalue weighted by Gasteiger charge is 2.16. The molecule has 0 saturated heterocycles. The van der Waals surface area contributed by atoms with Crippen LogP contribution in [0.2, 0.25) is 0 Å². The molecule has 0 spiro atoms. The summed E-state index contributed by atoms with van der Waals surface area (Å²) in [6.45, 7) is 8.88. The highest BCUT2D eigenvalue weighted by molar-refractivity contribution is 5.34. The summed E-state index contributed by atoms with van der Waals surface area (Å²) in [5.41, 5.74) is 0.462. The summed E-state index contributed by atoms with van der Waals surface area (Å²) in [4.78, 5) is 0. The second-order valence-corrected chi connectivity index (χ2v) is 6.21. The first-order chi connectivity index (χ1) is 9.85. The van der Waals surface area contributed by atoms with Crippen LogP contribution in [0.25, 0.3) is 0 Å². The first-order valence-electron chi connectivity index (χ1n) is 7.40. The summed E-state index contributed by atoms with van der Waals surface area (Å²) >= 11 is 0. The van der Waals surface area contributed by atoms with Gasteiger partial charge in [-0.1, -0.05) is 26.0 Å². The number of hydrogen-bond acceptors (Lipinski definition) is 3. The average molecular weight is 292 g/mol. The lowest BCUT2D eigenvalue weighted by Crippen LogP contribution is -2.22. The van der Waals surface area contributed by atoms with E-state index in [1.807, 2.05) is 33.8 Å². The zero-order valence-corrected chi connectivity index (χ0v) is 13.4. The van der Waals surface area contributed by atoms with Crippen molar-refractivity contribution in [2.45, 2.75) is 53.1 Å². The molecule has 116 valence electrons. The summed E-state index contributed by atoms with van der Waals surface area (Å²) in [7, 11) is 0. The molecule has 1 rings (SSSR count). The molecule has 0 aliphatic carbocycles. The molecule has 0 saturated carbocycles. The second kappa shape index (κ2) is 7.99. The van der Waals surface area contributed by atoms with Gasteiger partial charge in [-0.3, -0.25) is 0 Å². The van der Waals surface area contributed by atoms with E-state index in [4.69, 9.17) is 10.00 Å². The van der Waals surface area contributed by atoms with Gasteiger partial charge in [-0.25, -0.2) is 4.39 Å². The number of hydrogen-bond donors (Lipinski definition) is 1. The van der Waals surface area contributed by atoms with Gasteiger partial charge in [0, 0.05) is 18.2 Å². The van der Waals surface area contributed by atoms with Crippen molar-refractivity contribution in [2.75, 3.05) is 6.61 Å². The monoisotopic (exact) mass is 292 g/mol. The van der Waals surface area contributed by atoms with Crippen LogP contribution in [0.15, 0.2) is 18.2 Å². The number of para-hydroxylation sites is 1. The van der Waals surface area contributed by atoms with Crippen molar-refractivity contribution < 1.29 is 9.13 Å². The number of ether oxygens (including phenoxy) is 1. The number of halogens is 1. The Morgan fingerprint density at radius 1 is 1.38 bits per heavy atom. The molecule has 0 unspecified atom stereocenters. The van der Waals surface area contributed by atoms with Gasteiger partial charge in [0.25, 0.3) is 0 Å². The minimum Gasteiger partial charge on any atom is -0.490 e. The van der Waals surface area contributed by atoms with Gasteiger partial charge >= 0.3 is 0 Å². The Labute approximate surface area is 127 Å². The van der Waals surface area contributed by atoms with Crippen LogP contribution in [0.1, 0.15) is 46.1 Å². The van der Waals surface area contributed by atoms with Gasteiger partial charge in [-0.2, -0.15) is 5.26 Å². The Hall–Kier alpha value is -1.60. The van der Waals surface area contributed by atoms with Gasteiger partial charge in [0.2, 0.25) is 0 Å². The molecule has 1 aromatic carbocycles. The van der Waals surface area contributed by atoms with Gasteiger partial charge < -0.3 is 10.1 Å². The van der Waals surface area contributed by atoms with Crippen LogP contribution in [0, 0.1) is 22.6 Å². The van der Waals surface area contributed by atoms with Crippen molar-refractivity contribution in [2.24, 2.45) is 5.41 Å². The Bertz CT molecular complexity index is 492. The Balaban J connectivity index is 2.59. The van der Waals surface area contributed by atoms with Crippen molar-refractivity contribution >= 4 is 0 Å². The molecule has 0 aliphatic heterocycles. The van der Waals surface area contributed by atoms with E-state index in [1.165, 1.54) is 6.07 Å². The standard InChI is InChI=1S/C17H25FN2O/c1-13(2)20-11-14-7-5-8-15(18)16(14)21-10-6-9-17(3,4)12-19/h5,7-8,13,20H,6,9-11H2,1-4H3. The van der Waals surface area contributed by atoms with Crippen LogP contribution in [0.5, 0.6) is 5.75 Å². The van der Waals surface area contributed by atoms with Crippen LogP contribution in [0.3, 0.4) is 0 Å².